The Kier molecular flexibility index (Phi) is 5.61. The third kappa shape index (κ3) is 4.58. The molecular weight excluding hydrogens is 310 g/mol. The highest BCUT2D eigenvalue weighted by atomic mass is 16.5. The van der Waals surface area contributed by atoms with Gasteiger partial charge in [0, 0.05) is 12.1 Å². The van der Waals surface area contributed by atoms with E-state index in [1.807, 2.05) is 26.8 Å². The molecule has 0 saturated carbocycles. The molecule has 3 N–H and O–H groups in total. The van der Waals surface area contributed by atoms with Gasteiger partial charge < -0.3 is 24.7 Å². The molecule has 0 amide bonds. The van der Waals surface area contributed by atoms with E-state index in [2.05, 4.69) is 25.8 Å². The monoisotopic (exact) mass is 335 g/mol. The van der Waals surface area contributed by atoms with E-state index in [4.69, 9.17) is 8.94 Å². The normalized spacial score (nSPS) is 14.5. The number of hydrogen-bond donors (Lipinski definition) is 3. The average molecular weight is 335 g/mol. The molecule has 0 aliphatic heterocycles. The highest BCUT2D eigenvalue weighted by molar-refractivity contribution is 5.79. The van der Waals surface area contributed by atoms with Gasteiger partial charge in [-0.15, -0.1) is 0 Å². The van der Waals surface area contributed by atoms with Crippen molar-refractivity contribution in [1.29, 1.82) is 0 Å². The molecular formula is C16H25N5O3. The van der Waals surface area contributed by atoms with Crippen molar-refractivity contribution in [3.8, 4) is 0 Å². The molecule has 2 heterocycles. The third-order valence-electron chi connectivity index (χ3n) is 3.51. The van der Waals surface area contributed by atoms with Gasteiger partial charge >= 0.3 is 0 Å². The number of aryl methyl sites for hydroxylation is 3. The minimum atomic E-state index is -1.08. The molecule has 0 spiro atoms. The SMILES string of the molecule is CCNC(=NCc1nc(C)no1)NCC(C)(O)c1cc(C)oc1C. The number of nitrogens with one attached hydrogen (secondary N) is 2. The Bertz CT molecular complexity index is 702. The van der Waals surface area contributed by atoms with Crippen molar-refractivity contribution in [2.45, 2.75) is 46.8 Å². The number of nitrogens with zero attached hydrogens (tertiary/aromatic N) is 3. The Hall–Kier alpha value is -2.35. The van der Waals surface area contributed by atoms with Gasteiger partial charge in [0.2, 0.25) is 5.89 Å². The summed E-state index contributed by atoms with van der Waals surface area (Å²) in [7, 11) is 0. The highest BCUT2D eigenvalue weighted by Gasteiger charge is 2.27. The Labute approximate surface area is 141 Å². The molecule has 0 radical (unpaired) electrons. The van der Waals surface area contributed by atoms with E-state index in [9.17, 15) is 5.11 Å². The summed E-state index contributed by atoms with van der Waals surface area (Å²) >= 11 is 0. The Morgan fingerprint density at radius 2 is 2.08 bits per heavy atom. The van der Waals surface area contributed by atoms with E-state index in [0.29, 0.717) is 30.0 Å². The lowest BCUT2D eigenvalue weighted by atomic mass is 9.96. The molecule has 2 aromatic rings. The lowest BCUT2D eigenvalue weighted by molar-refractivity contribution is 0.0601. The van der Waals surface area contributed by atoms with Crippen molar-refractivity contribution in [3.63, 3.8) is 0 Å². The molecule has 2 rings (SSSR count). The molecule has 2 aromatic heterocycles. The molecule has 0 aliphatic rings. The molecule has 1 unspecified atom stereocenters. The fourth-order valence-corrected chi connectivity index (χ4v) is 2.41. The summed E-state index contributed by atoms with van der Waals surface area (Å²) in [6.45, 7) is 10.4. The predicted molar refractivity (Wildman–Crippen MR) is 89.6 cm³/mol. The van der Waals surface area contributed by atoms with Gasteiger partial charge in [-0.2, -0.15) is 4.98 Å². The van der Waals surface area contributed by atoms with Crippen LogP contribution in [0.15, 0.2) is 20.0 Å². The van der Waals surface area contributed by atoms with E-state index in [0.717, 1.165) is 11.3 Å². The average Bonchev–Trinajstić information content (AvgIpc) is 3.07. The fraction of sp³-hybridized carbons (Fsp3) is 0.562. The summed E-state index contributed by atoms with van der Waals surface area (Å²) in [6.07, 6.45) is 0. The first kappa shape index (κ1) is 18.0. The molecule has 0 bridgehead atoms. The van der Waals surface area contributed by atoms with Gasteiger partial charge in [-0.3, -0.25) is 0 Å². The minimum Gasteiger partial charge on any atom is -0.466 e. The van der Waals surface area contributed by atoms with Gasteiger partial charge in [0.1, 0.15) is 23.7 Å². The van der Waals surface area contributed by atoms with Crippen LogP contribution in [0.5, 0.6) is 0 Å². The largest absolute Gasteiger partial charge is 0.466 e. The maximum absolute atomic E-state index is 10.7. The van der Waals surface area contributed by atoms with Crippen LogP contribution in [0.25, 0.3) is 0 Å². The Morgan fingerprint density at radius 3 is 2.62 bits per heavy atom. The van der Waals surface area contributed by atoms with Crippen LogP contribution in [-0.4, -0.2) is 34.3 Å². The second-order valence-corrected chi connectivity index (χ2v) is 5.88. The van der Waals surface area contributed by atoms with E-state index in [1.54, 1.807) is 13.8 Å². The van der Waals surface area contributed by atoms with Crippen LogP contribution in [0.2, 0.25) is 0 Å². The molecule has 8 heteroatoms. The maximum atomic E-state index is 10.7. The van der Waals surface area contributed by atoms with Crippen molar-refractivity contribution in [3.05, 3.63) is 34.9 Å². The van der Waals surface area contributed by atoms with Crippen molar-refractivity contribution >= 4 is 5.96 Å². The lowest BCUT2D eigenvalue weighted by Gasteiger charge is -2.24. The van der Waals surface area contributed by atoms with Crippen LogP contribution < -0.4 is 10.6 Å². The smallest absolute Gasteiger partial charge is 0.248 e. The van der Waals surface area contributed by atoms with Gasteiger partial charge in [-0.1, -0.05) is 5.16 Å². The summed E-state index contributed by atoms with van der Waals surface area (Å²) in [5.41, 5.74) is -0.324. The number of aliphatic hydroxyl groups is 1. The number of guanidine groups is 1. The van der Waals surface area contributed by atoms with Crippen molar-refractivity contribution in [1.82, 2.24) is 20.8 Å². The van der Waals surface area contributed by atoms with Crippen molar-refractivity contribution in [2.24, 2.45) is 4.99 Å². The topological polar surface area (TPSA) is 109 Å². The van der Waals surface area contributed by atoms with Crippen LogP contribution in [0.3, 0.4) is 0 Å². The first-order valence-corrected chi connectivity index (χ1v) is 7.93. The van der Waals surface area contributed by atoms with E-state index in [1.165, 1.54) is 0 Å². The van der Waals surface area contributed by atoms with E-state index >= 15 is 0 Å². The van der Waals surface area contributed by atoms with Crippen molar-refractivity contribution in [2.75, 3.05) is 13.1 Å². The van der Waals surface area contributed by atoms with Crippen LogP contribution in [0.1, 0.15) is 42.6 Å². The number of aromatic nitrogens is 2. The Balaban J connectivity index is 2.03. The number of furan rings is 1. The fourth-order valence-electron chi connectivity index (χ4n) is 2.41. The van der Waals surface area contributed by atoms with Gasteiger partial charge in [0.15, 0.2) is 11.8 Å². The van der Waals surface area contributed by atoms with Gasteiger partial charge in [0.25, 0.3) is 0 Å². The van der Waals surface area contributed by atoms with Crippen LogP contribution >= 0.6 is 0 Å². The molecule has 0 saturated heterocycles. The molecule has 0 aromatic carbocycles. The molecule has 8 nitrogen and oxygen atoms in total. The summed E-state index contributed by atoms with van der Waals surface area (Å²) in [5, 5.41) is 20.7. The van der Waals surface area contributed by atoms with Crippen LogP contribution in [0, 0.1) is 20.8 Å². The summed E-state index contributed by atoms with van der Waals surface area (Å²) in [4.78, 5) is 8.50. The molecule has 0 aliphatic carbocycles. The number of rotatable bonds is 6. The molecule has 1 atom stereocenters. The zero-order valence-corrected chi connectivity index (χ0v) is 14.8. The first-order chi connectivity index (χ1) is 11.3. The number of hydrogen-bond acceptors (Lipinski definition) is 6. The minimum absolute atomic E-state index is 0.266. The molecule has 0 fully saturated rings. The highest BCUT2D eigenvalue weighted by Crippen LogP contribution is 2.26. The summed E-state index contributed by atoms with van der Waals surface area (Å²) in [5.74, 6) is 3.06. The zero-order valence-electron chi connectivity index (χ0n) is 14.8. The van der Waals surface area contributed by atoms with Gasteiger partial charge in [-0.05, 0) is 40.7 Å². The lowest BCUT2D eigenvalue weighted by Crippen LogP contribution is -2.44. The molecule has 24 heavy (non-hydrogen) atoms. The number of aliphatic imine (C=N–C) groups is 1. The van der Waals surface area contributed by atoms with E-state index in [-0.39, 0.29) is 13.1 Å². The maximum Gasteiger partial charge on any atom is 0.248 e. The van der Waals surface area contributed by atoms with Gasteiger partial charge in [0.05, 0.1) is 6.54 Å². The van der Waals surface area contributed by atoms with Gasteiger partial charge in [-0.25, -0.2) is 4.99 Å². The summed E-state index contributed by atoms with van der Waals surface area (Å²) < 4.78 is 10.5. The Morgan fingerprint density at radius 1 is 1.33 bits per heavy atom. The van der Waals surface area contributed by atoms with Crippen LogP contribution in [-0.2, 0) is 12.1 Å². The van der Waals surface area contributed by atoms with Crippen LogP contribution in [0.4, 0.5) is 0 Å². The quantitative estimate of drug-likeness (QED) is 0.543. The second-order valence-electron chi connectivity index (χ2n) is 5.88. The molecule has 132 valence electrons. The standard InChI is InChI=1S/C16H25N5O3/c1-6-17-15(18-8-14-20-12(4)21-24-14)19-9-16(5,22)13-7-10(2)23-11(13)3/h7,22H,6,8-9H2,1-5H3,(H2,17,18,19). The second kappa shape index (κ2) is 7.48. The predicted octanol–water partition coefficient (Wildman–Crippen LogP) is 1.55. The zero-order chi connectivity index (χ0) is 17.7. The third-order valence-corrected chi connectivity index (χ3v) is 3.51. The first-order valence-electron chi connectivity index (χ1n) is 7.93. The van der Waals surface area contributed by atoms with E-state index < -0.39 is 5.60 Å². The summed E-state index contributed by atoms with van der Waals surface area (Å²) in [6, 6.07) is 1.85. The van der Waals surface area contributed by atoms with Crippen molar-refractivity contribution < 1.29 is 14.0 Å².